The molecule has 0 aliphatic carbocycles. The van der Waals surface area contributed by atoms with Crippen molar-refractivity contribution in [3.05, 3.63) is 39.3 Å². The number of rotatable bonds is 8. The largest absolute Gasteiger partial charge is 0.309 e. The topological polar surface area (TPSA) is 29.9 Å². The van der Waals surface area contributed by atoms with Gasteiger partial charge in [-0.3, -0.25) is 4.68 Å². The molecule has 2 rings (SSSR count). The lowest BCUT2D eigenvalue weighted by Gasteiger charge is -2.16. The van der Waals surface area contributed by atoms with Crippen LogP contribution in [0.4, 0.5) is 0 Å². The molecule has 0 spiro atoms. The van der Waals surface area contributed by atoms with Crippen LogP contribution in [0.5, 0.6) is 0 Å². The van der Waals surface area contributed by atoms with Gasteiger partial charge in [0, 0.05) is 29.6 Å². The summed E-state index contributed by atoms with van der Waals surface area (Å²) in [4.78, 5) is 1.28. The van der Waals surface area contributed by atoms with E-state index in [-0.39, 0.29) is 0 Å². The number of hydrogen-bond acceptors (Lipinski definition) is 3. The first-order valence-electron chi connectivity index (χ1n) is 7.66. The zero-order chi connectivity index (χ0) is 15.2. The average Bonchev–Trinajstić information content (AvgIpc) is 3.11. The highest BCUT2D eigenvalue weighted by Crippen LogP contribution is 2.29. The highest BCUT2D eigenvalue weighted by atomic mass is 35.5. The first kappa shape index (κ1) is 16.5. The van der Waals surface area contributed by atoms with Crippen LogP contribution < -0.4 is 5.32 Å². The van der Waals surface area contributed by atoms with Crippen molar-refractivity contribution in [3.63, 3.8) is 0 Å². The molecule has 0 aliphatic rings. The molecule has 2 atom stereocenters. The molecule has 21 heavy (non-hydrogen) atoms. The fourth-order valence-electron chi connectivity index (χ4n) is 2.24. The molecule has 2 aromatic heterocycles. The second-order valence-corrected chi connectivity index (χ2v) is 7.14. The zero-order valence-electron chi connectivity index (χ0n) is 13.0. The summed E-state index contributed by atoms with van der Waals surface area (Å²) in [6.45, 7) is 7.57. The van der Waals surface area contributed by atoms with Crippen molar-refractivity contribution in [1.82, 2.24) is 15.1 Å². The van der Waals surface area contributed by atoms with Gasteiger partial charge in [0.2, 0.25) is 0 Å². The highest BCUT2D eigenvalue weighted by Gasteiger charge is 2.16. The van der Waals surface area contributed by atoms with Crippen LogP contribution in [0, 0.1) is 0 Å². The van der Waals surface area contributed by atoms with Crippen LogP contribution in [-0.4, -0.2) is 16.3 Å². The maximum absolute atomic E-state index is 6.08. The van der Waals surface area contributed by atoms with Gasteiger partial charge in [0.05, 0.1) is 10.0 Å². The molecule has 0 amide bonds. The number of nitrogens with zero attached hydrogens (tertiary/aromatic N) is 2. The van der Waals surface area contributed by atoms with Crippen LogP contribution in [0.1, 0.15) is 56.3 Å². The summed E-state index contributed by atoms with van der Waals surface area (Å²) in [5.74, 6) is 0. The van der Waals surface area contributed by atoms with Crippen molar-refractivity contribution in [2.45, 2.75) is 52.1 Å². The number of hydrogen-bond donors (Lipinski definition) is 1. The van der Waals surface area contributed by atoms with E-state index in [1.165, 1.54) is 4.88 Å². The summed E-state index contributed by atoms with van der Waals surface area (Å²) in [5.41, 5.74) is 1.13. The molecule has 2 heterocycles. The van der Waals surface area contributed by atoms with Crippen LogP contribution in [-0.2, 0) is 6.42 Å². The van der Waals surface area contributed by atoms with Gasteiger partial charge in [0.1, 0.15) is 0 Å². The van der Waals surface area contributed by atoms with E-state index in [9.17, 15) is 0 Å². The second kappa shape index (κ2) is 7.97. The zero-order valence-corrected chi connectivity index (χ0v) is 14.5. The van der Waals surface area contributed by atoms with Crippen molar-refractivity contribution < 1.29 is 0 Å². The molecule has 0 fully saturated rings. The fraction of sp³-hybridized carbons (Fsp3) is 0.562. The molecule has 0 aliphatic heterocycles. The Hall–Kier alpha value is -0.840. The molecule has 1 N–H and O–H groups in total. The molecular weight excluding hydrogens is 302 g/mol. The van der Waals surface area contributed by atoms with Gasteiger partial charge in [-0.2, -0.15) is 5.10 Å². The Labute approximate surface area is 136 Å². The summed E-state index contributed by atoms with van der Waals surface area (Å²) >= 11 is 7.73. The van der Waals surface area contributed by atoms with Gasteiger partial charge < -0.3 is 5.32 Å². The summed E-state index contributed by atoms with van der Waals surface area (Å²) in [5, 5.41) is 8.31. The lowest BCUT2D eigenvalue weighted by Crippen LogP contribution is -2.23. The molecule has 116 valence electrons. The monoisotopic (exact) mass is 325 g/mol. The first-order chi connectivity index (χ1) is 10.1. The van der Waals surface area contributed by atoms with Gasteiger partial charge >= 0.3 is 0 Å². The van der Waals surface area contributed by atoms with Crippen molar-refractivity contribution in [2.75, 3.05) is 6.54 Å². The third-order valence-electron chi connectivity index (χ3n) is 3.70. The number of aromatic nitrogens is 2. The summed E-state index contributed by atoms with van der Waals surface area (Å²) in [6, 6.07) is 6.97. The number of nitrogens with one attached hydrogen (secondary N) is 1. The maximum atomic E-state index is 6.08. The summed E-state index contributed by atoms with van der Waals surface area (Å²) < 4.78 is 2.91. The Morgan fingerprint density at radius 2 is 2.14 bits per heavy atom. The van der Waals surface area contributed by atoms with Gasteiger partial charge in [-0.1, -0.05) is 25.4 Å². The molecule has 0 saturated heterocycles. The molecule has 5 heteroatoms. The number of thiophene rings is 1. The minimum absolute atomic E-state index is 0.294. The predicted octanol–water partition coefficient (Wildman–Crippen LogP) is 4.85. The smallest absolute Gasteiger partial charge is 0.0931 e. The van der Waals surface area contributed by atoms with E-state index in [4.69, 9.17) is 16.7 Å². The SMILES string of the molecule is CCCNC(Cc1ccn(C(C)CC)n1)c1ccc(Cl)s1. The third-order valence-corrected chi connectivity index (χ3v) is 5.04. The van der Waals surface area contributed by atoms with E-state index in [1.54, 1.807) is 11.3 Å². The molecule has 0 aromatic carbocycles. The van der Waals surface area contributed by atoms with Crippen molar-refractivity contribution >= 4 is 22.9 Å². The Kier molecular flexibility index (Phi) is 6.27. The van der Waals surface area contributed by atoms with Gasteiger partial charge in [-0.25, -0.2) is 0 Å². The van der Waals surface area contributed by atoms with Crippen molar-refractivity contribution in [1.29, 1.82) is 0 Å². The minimum Gasteiger partial charge on any atom is -0.309 e. The average molecular weight is 326 g/mol. The Morgan fingerprint density at radius 1 is 1.33 bits per heavy atom. The minimum atomic E-state index is 0.294. The number of halogens is 1. The summed E-state index contributed by atoms with van der Waals surface area (Å²) in [7, 11) is 0. The van der Waals surface area contributed by atoms with Gasteiger partial charge in [-0.05, 0) is 44.5 Å². The highest BCUT2D eigenvalue weighted by molar-refractivity contribution is 7.16. The molecule has 0 radical (unpaired) electrons. The molecule has 0 saturated carbocycles. The normalized spacial score (nSPS) is 14.3. The van der Waals surface area contributed by atoms with E-state index in [0.717, 1.165) is 35.8 Å². The first-order valence-corrected chi connectivity index (χ1v) is 8.86. The Balaban J connectivity index is 2.09. The standard InChI is InChI=1S/C16H24ClN3S/c1-4-9-18-14(15-6-7-16(17)21-15)11-13-8-10-20(19-13)12(3)5-2/h6-8,10,12,14,18H,4-5,9,11H2,1-3H3. The van der Waals surface area contributed by atoms with Crippen LogP contribution >= 0.6 is 22.9 Å². The molecular formula is C16H24ClN3S. The Morgan fingerprint density at radius 3 is 2.76 bits per heavy atom. The van der Waals surface area contributed by atoms with Gasteiger partial charge in [0.15, 0.2) is 0 Å². The lowest BCUT2D eigenvalue weighted by atomic mass is 10.1. The van der Waals surface area contributed by atoms with Crippen molar-refractivity contribution in [3.8, 4) is 0 Å². The van der Waals surface area contributed by atoms with Crippen LogP contribution in [0.3, 0.4) is 0 Å². The van der Waals surface area contributed by atoms with E-state index >= 15 is 0 Å². The molecule has 2 aromatic rings. The van der Waals surface area contributed by atoms with Crippen molar-refractivity contribution in [2.24, 2.45) is 0 Å². The second-order valence-electron chi connectivity index (χ2n) is 5.40. The molecule has 2 unspecified atom stereocenters. The predicted molar refractivity (Wildman–Crippen MR) is 91.3 cm³/mol. The van der Waals surface area contributed by atoms with E-state index in [1.807, 2.05) is 6.07 Å². The lowest BCUT2D eigenvalue weighted by molar-refractivity contribution is 0.466. The maximum Gasteiger partial charge on any atom is 0.0931 e. The van der Waals surface area contributed by atoms with E-state index in [2.05, 4.69) is 49.1 Å². The molecule has 0 bridgehead atoms. The Bertz CT molecular complexity index is 549. The van der Waals surface area contributed by atoms with Crippen LogP contribution in [0.25, 0.3) is 0 Å². The quantitative estimate of drug-likeness (QED) is 0.751. The van der Waals surface area contributed by atoms with Gasteiger partial charge in [0.25, 0.3) is 0 Å². The molecule has 3 nitrogen and oxygen atoms in total. The van der Waals surface area contributed by atoms with Gasteiger partial charge in [-0.15, -0.1) is 11.3 Å². The van der Waals surface area contributed by atoms with Crippen LogP contribution in [0.2, 0.25) is 4.34 Å². The summed E-state index contributed by atoms with van der Waals surface area (Å²) in [6.07, 6.45) is 5.21. The van der Waals surface area contributed by atoms with E-state index < -0.39 is 0 Å². The van der Waals surface area contributed by atoms with E-state index in [0.29, 0.717) is 12.1 Å². The van der Waals surface area contributed by atoms with Crippen LogP contribution in [0.15, 0.2) is 24.4 Å². The third kappa shape index (κ3) is 4.56. The fourth-order valence-corrected chi connectivity index (χ4v) is 3.37.